The van der Waals surface area contributed by atoms with Gasteiger partial charge in [-0.15, -0.1) is 0 Å². The summed E-state index contributed by atoms with van der Waals surface area (Å²) in [4.78, 5) is 18.7. The van der Waals surface area contributed by atoms with E-state index in [-0.39, 0.29) is 5.56 Å². The topological polar surface area (TPSA) is 71.8 Å². The highest BCUT2D eigenvalue weighted by Gasteiger charge is 2.03. The summed E-state index contributed by atoms with van der Waals surface area (Å²) in [6.45, 7) is 2.06. The first kappa shape index (κ1) is 11.4. The van der Waals surface area contributed by atoms with Crippen molar-refractivity contribution in [2.45, 2.75) is 19.8 Å². The molecule has 2 aromatic rings. The number of rotatable bonds is 3. The number of nitrogens with zero attached hydrogens (tertiary/aromatic N) is 1. The molecule has 0 aliphatic heterocycles. The van der Waals surface area contributed by atoms with E-state index < -0.39 is 0 Å². The molecule has 0 saturated carbocycles. The molecule has 0 aliphatic carbocycles. The van der Waals surface area contributed by atoms with Crippen molar-refractivity contribution in [2.24, 2.45) is 0 Å². The summed E-state index contributed by atoms with van der Waals surface area (Å²) in [5, 5.41) is 0. The molecule has 1 aromatic carbocycles. The van der Waals surface area contributed by atoms with Crippen LogP contribution >= 0.6 is 0 Å². The lowest BCUT2D eigenvalue weighted by Crippen LogP contribution is -2.10. The maximum absolute atomic E-state index is 11.5. The molecule has 0 bridgehead atoms. The van der Waals surface area contributed by atoms with Crippen molar-refractivity contribution in [2.75, 3.05) is 5.73 Å². The van der Waals surface area contributed by atoms with E-state index in [1.54, 1.807) is 18.2 Å². The molecule has 2 rings (SSSR count). The van der Waals surface area contributed by atoms with E-state index in [1.807, 2.05) is 12.1 Å². The second-order valence-corrected chi connectivity index (χ2v) is 3.96. The van der Waals surface area contributed by atoms with Gasteiger partial charge in [-0.2, -0.15) is 0 Å². The molecular weight excluding hydrogens is 214 g/mol. The molecule has 0 spiro atoms. The second kappa shape index (κ2) is 4.82. The fourth-order valence-electron chi connectivity index (χ4n) is 1.71. The Kier molecular flexibility index (Phi) is 3.23. The minimum atomic E-state index is -0.124. The lowest BCUT2D eigenvalue weighted by Gasteiger charge is -2.04. The van der Waals surface area contributed by atoms with Gasteiger partial charge in [0, 0.05) is 23.0 Å². The van der Waals surface area contributed by atoms with E-state index in [2.05, 4.69) is 16.9 Å². The van der Waals surface area contributed by atoms with Gasteiger partial charge >= 0.3 is 0 Å². The summed E-state index contributed by atoms with van der Waals surface area (Å²) in [6, 6.07) is 8.87. The number of aryl methyl sites for hydroxylation is 1. The van der Waals surface area contributed by atoms with Gasteiger partial charge in [-0.05, 0) is 18.6 Å². The van der Waals surface area contributed by atoms with Crippen LogP contribution < -0.4 is 11.3 Å². The smallest absolute Gasteiger partial charge is 0.251 e. The number of nitrogens with two attached hydrogens (primary N) is 1. The van der Waals surface area contributed by atoms with Crippen molar-refractivity contribution in [3.05, 3.63) is 46.4 Å². The minimum Gasteiger partial charge on any atom is -0.399 e. The zero-order valence-electron chi connectivity index (χ0n) is 9.73. The molecule has 0 saturated heterocycles. The molecule has 88 valence electrons. The third kappa shape index (κ3) is 2.72. The maximum atomic E-state index is 11.5. The van der Waals surface area contributed by atoms with Crippen LogP contribution in [0, 0.1) is 0 Å². The van der Waals surface area contributed by atoms with Crippen LogP contribution in [-0.2, 0) is 6.42 Å². The van der Waals surface area contributed by atoms with Crippen LogP contribution in [0.25, 0.3) is 11.4 Å². The maximum Gasteiger partial charge on any atom is 0.251 e. The van der Waals surface area contributed by atoms with Crippen LogP contribution in [0.3, 0.4) is 0 Å². The largest absolute Gasteiger partial charge is 0.399 e. The van der Waals surface area contributed by atoms with Crippen molar-refractivity contribution in [1.29, 1.82) is 0 Å². The average Bonchev–Trinajstić information content (AvgIpc) is 2.28. The third-order valence-corrected chi connectivity index (χ3v) is 2.46. The van der Waals surface area contributed by atoms with Crippen LogP contribution in [-0.4, -0.2) is 9.97 Å². The highest BCUT2D eigenvalue weighted by molar-refractivity contribution is 5.60. The molecule has 0 fully saturated rings. The van der Waals surface area contributed by atoms with Crippen molar-refractivity contribution in [3.8, 4) is 11.4 Å². The second-order valence-electron chi connectivity index (χ2n) is 3.96. The van der Waals surface area contributed by atoms with Crippen LogP contribution in [0.1, 0.15) is 19.0 Å². The van der Waals surface area contributed by atoms with Gasteiger partial charge in [0.25, 0.3) is 5.56 Å². The number of hydrogen-bond acceptors (Lipinski definition) is 3. The summed E-state index contributed by atoms with van der Waals surface area (Å²) < 4.78 is 0. The van der Waals surface area contributed by atoms with Crippen molar-refractivity contribution < 1.29 is 0 Å². The molecular formula is C13H15N3O. The van der Waals surface area contributed by atoms with Gasteiger partial charge in [0.15, 0.2) is 0 Å². The molecule has 0 amide bonds. The van der Waals surface area contributed by atoms with Crippen molar-refractivity contribution >= 4 is 5.69 Å². The predicted molar refractivity (Wildman–Crippen MR) is 68.7 cm³/mol. The van der Waals surface area contributed by atoms with Crippen LogP contribution in [0.4, 0.5) is 5.69 Å². The standard InChI is InChI=1S/C13H15N3O/c1-2-4-11-8-12(17)16-13(15-11)9-5-3-6-10(14)7-9/h3,5-8H,2,4,14H2,1H3,(H,15,16,17). The van der Waals surface area contributed by atoms with E-state index in [0.717, 1.165) is 24.1 Å². The zero-order valence-corrected chi connectivity index (χ0v) is 9.73. The Morgan fingerprint density at radius 3 is 2.88 bits per heavy atom. The van der Waals surface area contributed by atoms with E-state index in [1.165, 1.54) is 0 Å². The SMILES string of the molecule is CCCc1cc(=O)[nH]c(-c2cccc(N)c2)n1. The molecule has 3 N–H and O–H groups in total. The van der Waals surface area contributed by atoms with E-state index in [0.29, 0.717) is 11.5 Å². The van der Waals surface area contributed by atoms with E-state index in [9.17, 15) is 4.79 Å². The Balaban J connectivity index is 2.48. The third-order valence-electron chi connectivity index (χ3n) is 2.46. The molecule has 0 atom stereocenters. The van der Waals surface area contributed by atoms with Gasteiger partial charge in [0.05, 0.1) is 0 Å². The Morgan fingerprint density at radius 2 is 2.18 bits per heavy atom. The number of benzene rings is 1. The van der Waals surface area contributed by atoms with Gasteiger partial charge in [-0.25, -0.2) is 4.98 Å². The van der Waals surface area contributed by atoms with E-state index in [4.69, 9.17) is 5.73 Å². The molecule has 4 heteroatoms. The number of hydrogen-bond donors (Lipinski definition) is 2. The number of nitrogen functional groups attached to an aromatic ring is 1. The monoisotopic (exact) mass is 229 g/mol. The first-order chi connectivity index (χ1) is 8.19. The quantitative estimate of drug-likeness (QED) is 0.790. The van der Waals surface area contributed by atoms with Gasteiger partial charge < -0.3 is 10.7 Å². The molecule has 0 aliphatic rings. The molecule has 0 unspecified atom stereocenters. The molecule has 1 heterocycles. The van der Waals surface area contributed by atoms with Crippen LogP contribution in [0.5, 0.6) is 0 Å². The summed E-state index contributed by atoms with van der Waals surface area (Å²) in [5.41, 5.74) is 7.89. The predicted octanol–water partition coefficient (Wildman–Crippen LogP) is 1.97. The van der Waals surface area contributed by atoms with Gasteiger partial charge in [-0.3, -0.25) is 4.79 Å². The summed E-state index contributed by atoms with van der Waals surface area (Å²) >= 11 is 0. The Hall–Kier alpha value is -2.10. The Labute approximate surface area is 99.5 Å². The van der Waals surface area contributed by atoms with Crippen molar-refractivity contribution in [3.63, 3.8) is 0 Å². The van der Waals surface area contributed by atoms with Crippen LogP contribution in [0.15, 0.2) is 35.1 Å². The normalized spacial score (nSPS) is 10.4. The summed E-state index contributed by atoms with van der Waals surface area (Å²) in [5.74, 6) is 0.577. The minimum absolute atomic E-state index is 0.124. The zero-order chi connectivity index (χ0) is 12.3. The van der Waals surface area contributed by atoms with Gasteiger partial charge in [-0.1, -0.05) is 25.5 Å². The van der Waals surface area contributed by atoms with Crippen molar-refractivity contribution in [1.82, 2.24) is 9.97 Å². The summed E-state index contributed by atoms with van der Waals surface area (Å²) in [7, 11) is 0. The fraction of sp³-hybridized carbons (Fsp3) is 0.231. The van der Waals surface area contributed by atoms with Crippen LogP contribution in [0.2, 0.25) is 0 Å². The Bertz CT molecular complexity index is 575. The Morgan fingerprint density at radius 1 is 1.35 bits per heavy atom. The number of H-pyrrole nitrogens is 1. The highest BCUT2D eigenvalue weighted by Crippen LogP contribution is 2.16. The lowest BCUT2D eigenvalue weighted by molar-refractivity contribution is 0.870. The first-order valence-electron chi connectivity index (χ1n) is 5.65. The van der Waals surface area contributed by atoms with Gasteiger partial charge in [0.1, 0.15) is 5.82 Å². The number of anilines is 1. The summed E-state index contributed by atoms with van der Waals surface area (Å²) in [6.07, 6.45) is 1.77. The average molecular weight is 229 g/mol. The fourth-order valence-corrected chi connectivity index (χ4v) is 1.71. The number of aromatic amines is 1. The number of nitrogens with one attached hydrogen (secondary N) is 1. The molecule has 0 radical (unpaired) electrons. The molecule has 4 nitrogen and oxygen atoms in total. The molecule has 17 heavy (non-hydrogen) atoms. The van der Waals surface area contributed by atoms with Gasteiger partial charge in [0.2, 0.25) is 0 Å². The number of aromatic nitrogens is 2. The molecule has 1 aromatic heterocycles. The first-order valence-corrected chi connectivity index (χ1v) is 5.65. The lowest BCUT2D eigenvalue weighted by atomic mass is 10.2. The highest BCUT2D eigenvalue weighted by atomic mass is 16.1. The van der Waals surface area contributed by atoms with E-state index >= 15 is 0 Å².